The predicted molar refractivity (Wildman–Crippen MR) is 67.4 cm³/mol. The molecule has 0 aliphatic rings. The zero-order chi connectivity index (χ0) is 13.0. The average Bonchev–Trinajstić information content (AvgIpc) is 2.99. The summed E-state index contributed by atoms with van der Waals surface area (Å²) in [5.41, 5.74) is 5.45. The number of nitrogens with zero attached hydrogens (tertiary/aromatic N) is 3. The van der Waals surface area contributed by atoms with Crippen LogP contribution in [0, 0.1) is 0 Å². The molecule has 98 valence electrons. The molecule has 0 radical (unpaired) electrons. The molecule has 2 rings (SSSR count). The summed E-state index contributed by atoms with van der Waals surface area (Å²) >= 11 is 1.18. The van der Waals surface area contributed by atoms with Crippen molar-refractivity contribution < 1.29 is 8.42 Å². The summed E-state index contributed by atoms with van der Waals surface area (Å²) in [6.45, 7) is 1.05. The first-order valence-corrected chi connectivity index (χ1v) is 7.54. The molecule has 2 aromatic rings. The Labute approximate surface area is 109 Å². The first-order chi connectivity index (χ1) is 8.62. The Balaban J connectivity index is 1.95. The molecule has 0 amide bonds. The van der Waals surface area contributed by atoms with Crippen LogP contribution in [-0.2, 0) is 23.1 Å². The highest BCUT2D eigenvalue weighted by Crippen LogP contribution is 2.20. The molecule has 0 atom stereocenters. The Hall–Kier alpha value is -1.29. The molecule has 0 aliphatic heterocycles. The second kappa shape index (κ2) is 5.57. The van der Waals surface area contributed by atoms with E-state index in [1.165, 1.54) is 11.3 Å². The van der Waals surface area contributed by atoms with Gasteiger partial charge in [0.05, 0.1) is 12.7 Å². The van der Waals surface area contributed by atoms with Gasteiger partial charge in [0.25, 0.3) is 0 Å². The molecule has 18 heavy (non-hydrogen) atoms. The van der Waals surface area contributed by atoms with E-state index in [0.717, 1.165) is 4.88 Å². The fourth-order valence-electron chi connectivity index (χ4n) is 1.33. The smallest absolute Gasteiger partial charge is 0.250 e. The van der Waals surface area contributed by atoms with E-state index in [-0.39, 0.29) is 10.8 Å². The number of hydrogen-bond donors (Lipinski definition) is 2. The minimum Gasteiger partial charge on any atom is -0.326 e. The molecule has 3 N–H and O–H groups in total. The van der Waals surface area contributed by atoms with E-state index < -0.39 is 10.0 Å². The van der Waals surface area contributed by atoms with Crippen LogP contribution in [0.25, 0.3) is 0 Å². The van der Waals surface area contributed by atoms with Crippen molar-refractivity contribution in [2.75, 3.05) is 6.54 Å². The van der Waals surface area contributed by atoms with Crippen LogP contribution in [0.4, 0.5) is 0 Å². The second-order valence-corrected chi connectivity index (χ2v) is 6.65. The largest absolute Gasteiger partial charge is 0.326 e. The molecule has 0 saturated carbocycles. The monoisotopic (exact) mass is 287 g/mol. The van der Waals surface area contributed by atoms with Crippen molar-refractivity contribution in [3.63, 3.8) is 0 Å². The first-order valence-electron chi connectivity index (χ1n) is 5.24. The van der Waals surface area contributed by atoms with Gasteiger partial charge in [0.15, 0.2) is 0 Å². The maximum Gasteiger partial charge on any atom is 0.250 e. The summed E-state index contributed by atoms with van der Waals surface area (Å²) in [5.74, 6) is 0. The molecule has 2 heterocycles. The summed E-state index contributed by atoms with van der Waals surface area (Å²) in [4.78, 5) is 0.839. The average molecular weight is 287 g/mol. The third-order valence-electron chi connectivity index (χ3n) is 2.21. The van der Waals surface area contributed by atoms with Crippen LogP contribution in [0.5, 0.6) is 0 Å². The fourth-order valence-corrected chi connectivity index (χ4v) is 3.63. The summed E-state index contributed by atoms with van der Waals surface area (Å²) in [7, 11) is -3.45. The molecular weight excluding hydrogens is 274 g/mol. The number of rotatable bonds is 6. The normalized spacial score (nSPS) is 11.8. The van der Waals surface area contributed by atoms with Gasteiger partial charge in [-0.2, -0.15) is 0 Å². The van der Waals surface area contributed by atoms with Gasteiger partial charge in [-0.25, -0.2) is 13.1 Å². The lowest BCUT2D eigenvalue weighted by molar-refractivity contribution is 0.554. The van der Waals surface area contributed by atoms with Gasteiger partial charge in [-0.15, -0.1) is 16.4 Å². The number of thiophene rings is 1. The van der Waals surface area contributed by atoms with E-state index in [0.29, 0.717) is 13.1 Å². The van der Waals surface area contributed by atoms with Crippen LogP contribution in [0.15, 0.2) is 28.7 Å². The standard InChI is InChI=1S/C9H13N5O2S2/c10-7-8-1-2-9(17-8)18(15,16)12-4-6-14-5-3-11-13-14/h1-3,5,12H,4,6-7,10H2. The molecule has 0 spiro atoms. The molecule has 9 heteroatoms. The minimum absolute atomic E-state index is 0.265. The Morgan fingerprint density at radius 2 is 2.28 bits per heavy atom. The van der Waals surface area contributed by atoms with Crippen molar-refractivity contribution in [1.29, 1.82) is 0 Å². The third-order valence-corrected chi connectivity index (χ3v) is 5.27. The fraction of sp³-hybridized carbons (Fsp3) is 0.333. The zero-order valence-electron chi connectivity index (χ0n) is 9.48. The van der Waals surface area contributed by atoms with Crippen LogP contribution >= 0.6 is 11.3 Å². The Morgan fingerprint density at radius 3 is 2.89 bits per heavy atom. The summed E-state index contributed by atoms with van der Waals surface area (Å²) < 4.78 is 28.1. The van der Waals surface area contributed by atoms with Crippen LogP contribution in [0.2, 0.25) is 0 Å². The van der Waals surface area contributed by atoms with E-state index in [2.05, 4.69) is 15.0 Å². The van der Waals surface area contributed by atoms with Gasteiger partial charge in [-0.05, 0) is 12.1 Å². The predicted octanol–water partition coefficient (Wildman–Crippen LogP) is -0.223. The molecule has 0 bridgehead atoms. The van der Waals surface area contributed by atoms with Crippen molar-refractivity contribution in [2.24, 2.45) is 5.73 Å². The van der Waals surface area contributed by atoms with Crippen LogP contribution in [-0.4, -0.2) is 30.0 Å². The van der Waals surface area contributed by atoms with Gasteiger partial charge in [-0.1, -0.05) is 5.21 Å². The number of hydrogen-bond acceptors (Lipinski definition) is 6. The Morgan fingerprint density at radius 1 is 1.44 bits per heavy atom. The summed E-state index contributed by atoms with van der Waals surface area (Å²) in [5, 5.41) is 7.38. The summed E-state index contributed by atoms with van der Waals surface area (Å²) in [6, 6.07) is 3.28. The third kappa shape index (κ3) is 3.13. The van der Waals surface area contributed by atoms with Crippen molar-refractivity contribution in [1.82, 2.24) is 19.7 Å². The lowest BCUT2D eigenvalue weighted by Gasteiger charge is -2.04. The SMILES string of the molecule is NCc1ccc(S(=O)(=O)NCCn2ccnn2)s1. The Kier molecular flexibility index (Phi) is 4.07. The van der Waals surface area contributed by atoms with Crippen molar-refractivity contribution >= 4 is 21.4 Å². The Bertz CT molecular complexity index is 590. The first kappa shape index (κ1) is 13.1. The number of sulfonamides is 1. The van der Waals surface area contributed by atoms with E-state index >= 15 is 0 Å². The maximum atomic E-state index is 11.9. The van der Waals surface area contributed by atoms with E-state index in [1.807, 2.05) is 0 Å². The highest BCUT2D eigenvalue weighted by Gasteiger charge is 2.15. The highest BCUT2D eigenvalue weighted by atomic mass is 32.2. The van der Waals surface area contributed by atoms with Gasteiger partial charge in [0.2, 0.25) is 10.0 Å². The molecule has 0 saturated heterocycles. The number of nitrogens with two attached hydrogens (primary N) is 1. The maximum absolute atomic E-state index is 11.9. The number of aromatic nitrogens is 3. The lowest BCUT2D eigenvalue weighted by Crippen LogP contribution is -2.27. The van der Waals surface area contributed by atoms with Gasteiger partial charge >= 0.3 is 0 Å². The highest BCUT2D eigenvalue weighted by molar-refractivity contribution is 7.91. The minimum atomic E-state index is -3.45. The molecule has 7 nitrogen and oxygen atoms in total. The van der Waals surface area contributed by atoms with Crippen molar-refractivity contribution in [3.8, 4) is 0 Å². The van der Waals surface area contributed by atoms with E-state index in [9.17, 15) is 8.42 Å². The topological polar surface area (TPSA) is 103 Å². The number of nitrogens with one attached hydrogen (secondary N) is 1. The van der Waals surface area contributed by atoms with Gasteiger partial charge in [-0.3, -0.25) is 4.68 Å². The molecule has 0 fully saturated rings. The van der Waals surface area contributed by atoms with Crippen molar-refractivity contribution in [2.45, 2.75) is 17.3 Å². The molecule has 0 unspecified atom stereocenters. The van der Waals surface area contributed by atoms with Gasteiger partial charge in [0, 0.05) is 24.2 Å². The second-order valence-electron chi connectivity index (χ2n) is 3.49. The van der Waals surface area contributed by atoms with Crippen molar-refractivity contribution in [3.05, 3.63) is 29.4 Å². The molecule has 2 aromatic heterocycles. The zero-order valence-corrected chi connectivity index (χ0v) is 11.1. The van der Waals surface area contributed by atoms with E-state index in [4.69, 9.17) is 5.73 Å². The quantitative estimate of drug-likeness (QED) is 0.764. The van der Waals surface area contributed by atoms with Crippen LogP contribution in [0.3, 0.4) is 0 Å². The lowest BCUT2D eigenvalue weighted by atomic mass is 10.5. The van der Waals surface area contributed by atoms with E-state index in [1.54, 1.807) is 29.2 Å². The van der Waals surface area contributed by atoms with Gasteiger partial charge < -0.3 is 5.73 Å². The van der Waals surface area contributed by atoms with Crippen LogP contribution in [0.1, 0.15) is 4.88 Å². The summed E-state index contributed by atoms with van der Waals surface area (Å²) in [6.07, 6.45) is 3.22. The molecular formula is C9H13N5O2S2. The van der Waals surface area contributed by atoms with Gasteiger partial charge in [0.1, 0.15) is 4.21 Å². The van der Waals surface area contributed by atoms with Crippen LogP contribution < -0.4 is 10.5 Å². The molecule has 0 aromatic carbocycles. The molecule has 0 aliphatic carbocycles.